The summed E-state index contributed by atoms with van der Waals surface area (Å²) in [6.07, 6.45) is 0.185. The van der Waals surface area contributed by atoms with Gasteiger partial charge >= 0.3 is 0 Å². The molecule has 0 spiro atoms. The van der Waals surface area contributed by atoms with E-state index in [0.717, 1.165) is 12.1 Å². The largest absolute Gasteiger partial charge is 0.332 e. The minimum absolute atomic E-state index is 0.0193. The number of rotatable bonds is 3. The van der Waals surface area contributed by atoms with Crippen LogP contribution in [-0.2, 0) is 6.54 Å². The minimum atomic E-state index is -1.71. The molecule has 3 unspecified atom stereocenters. The van der Waals surface area contributed by atoms with Crippen LogP contribution in [0, 0.1) is 5.92 Å². The maximum absolute atomic E-state index is 12.9. The molecule has 5 nitrogen and oxygen atoms in total. The number of benzene rings is 1. The molecular weight excluding hydrogens is 501 g/mol. The Morgan fingerprint density at radius 2 is 1.86 bits per heavy atom. The van der Waals surface area contributed by atoms with Gasteiger partial charge in [-0.1, -0.05) is 53.0 Å². The van der Waals surface area contributed by atoms with Crippen molar-refractivity contribution in [1.29, 1.82) is 0 Å². The van der Waals surface area contributed by atoms with E-state index < -0.39 is 9.96 Å². The lowest BCUT2D eigenvalue weighted by Crippen LogP contribution is -2.60. The predicted octanol–water partition coefficient (Wildman–Crippen LogP) is 4.16. The molecule has 2 aromatic rings. The van der Waals surface area contributed by atoms with Crippen molar-refractivity contribution < 1.29 is 4.79 Å². The van der Waals surface area contributed by atoms with E-state index in [9.17, 15) is 9.59 Å². The first kappa shape index (κ1) is 21.2. The molecular formula is C20H19BrCl3N3O2. The van der Waals surface area contributed by atoms with Crippen molar-refractivity contribution in [2.75, 3.05) is 13.1 Å². The van der Waals surface area contributed by atoms with Crippen molar-refractivity contribution in [2.45, 2.75) is 28.8 Å². The van der Waals surface area contributed by atoms with Crippen LogP contribution in [0.4, 0.5) is 0 Å². The third-order valence-electron chi connectivity index (χ3n) is 5.57. The van der Waals surface area contributed by atoms with E-state index in [-0.39, 0.29) is 23.3 Å². The van der Waals surface area contributed by atoms with E-state index in [2.05, 4.69) is 21.2 Å². The summed E-state index contributed by atoms with van der Waals surface area (Å²) in [5.41, 5.74) is 1.49. The fraction of sp³-hybridized carbons (Fsp3) is 0.400. The summed E-state index contributed by atoms with van der Waals surface area (Å²) in [5, 5.41) is 2.90. The zero-order valence-corrected chi connectivity index (χ0v) is 19.2. The smallest absolute Gasteiger partial charge is 0.253 e. The summed E-state index contributed by atoms with van der Waals surface area (Å²) in [4.78, 5) is 27.1. The van der Waals surface area contributed by atoms with Gasteiger partial charge in [0.1, 0.15) is 6.17 Å². The molecule has 2 aliphatic heterocycles. The van der Waals surface area contributed by atoms with Gasteiger partial charge in [0.05, 0.1) is 5.56 Å². The van der Waals surface area contributed by atoms with Crippen molar-refractivity contribution in [3.05, 3.63) is 68.5 Å². The van der Waals surface area contributed by atoms with E-state index in [1.807, 2.05) is 21.6 Å². The van der Waals surface area contributed by atoms with Crippen LogP contribution in [0.5, 0.6) is 0 Å². The van der Waals surface area contributed by atoms with Crippen LogP contribution in [0.3, 0.4) is 0 Å². The Bertz CT molecular complexity index is 991. The number of hydrogen-bond acceptors (Lipinski definition) is 3. The molecule has 2 aliphatic rings. The van der Waals surface area contributed by atoms with Crippen LogP contribution in [0.25, 0.3) is 0 Å². The number of piperidine rings is 1. The van der Waals surface area contributed by atoms with Gasteiger partial charge in [-0.2, -0.15) is 0 Å². The maximum Gasteiger partial charge on any atom is 0.253 e. The molecule has 0 radical (unpaired) electrons. The molecule has 2 bridgehead atoms. The van der Waals surface area contributed by atoms with Gasteiger partial charge in [-0.25, -0.2) is 0 Å². The van der Waals surface area contributed by atoms with Crippen molar-refractivity contribution in [3.63, 3.8) is 0 Å². The highest BCUT2D eigenvalue weighted by Crippen LogP contribution is 2.40. The van der Waals surface area contributed by atoms with E-state index in [1.165, 1.54) is 0 Å². The second-order valence-corrected chi connectivity index (χ2v) is 10.8. The Balaban J connectivity index is 1.60. The molecule has 0 saturated carbocycles. The van der Waals surface area contributed by atoms with Crippen LogP contribution < -0.4 is 10.9 Å². The van der Waals surface area contributed by atoms with Gasteiger partial charge in [-0.15, -0.1) is 0 Å². The number of nitrogens with one attached hydrogen (secondary N) is 1. The van der Waals surface area contributed by atoms with Crippen molar-refractivity contribution in [2.24, 2.45) is 5.92 Å². The average Bonchev–Trinajstić information content (AvgIpc) is 2.66. The van der Waals surface area contributed by atoms with Crippen molar-refractivity contribution >= 4 is 56.6 Å². The van der Waals surface area contributed by atoms with Gasteiger partial charge in [0.25, 0.3) is 11.5 Å². The van der Waals surface area contributed by atoms with Gasteiger partial charge in [0.2, 0.25) is 3.79 Å². The number of fused-ring (bicyclic) bond motifs is 4. The fourth-order valence-corrected chi connectivity index (χ4v) is 5.41. The Morgan fingerprint density at radius 3 is 2.59 bits per heavy atom. The van der Waals surface area contributed by atoms with Crippen LogP contribution in [-0.4, -0.2) is 38.4 Å². The molecule has 1 amide bonds. The first-order chi connectivity index (χ1) is 13.7. The second-order valence-electron chi connectivity index (χ2n) is 7.55. The lowest BCUT2D eigenvalue weighted by atomic mass is 9.83. The number of hydrogen-bond donors (Lipinski definition) is 1. The van der Waals surface area contributed by atoms with Gasteiger partial charge in [-0.05, 0) is 46.5 Å². The van der Waals surface area contributed by atoms with E-state index in [4.69, 9.17) is 34.8 Å². The zero-order valence-electron chi connectivity index (χ0n) is 15.3. The molecule has 4 rings (SSSR count). The number of likely N-dealkylation sites (tertiary alicyclic amines) is 1. The fourth-order valence-electron chi connectivity index (χ4n) is 4.37. The Labute approximate surface area is 192 Å². The maximum atomic E-state index is 12.9. The molecule has 1 fully saturated rings. The average molecular weight is 520 g/mol. The number of alkyl halides is 3. The first-order valence-electron chi connectivity index (χ1n) is 9.30. The molecule has 1 saturated heterocycles. The van der Waals surface area contributed by atoms with Crippen molar-refractivity contribution in [1.82, 2.24) is 14.8 Å². The van der Waals surface area contributed by atoms with Gasteiger partial charge in [-0.3, -0.25) is 14.5 Å². The molecule has 1 aromatic carbocycles. The molecule has 9 heteroatoms. The third kappa shape index (κ3) is 4.37. The highest BCUT2D eigenvalue weighted by Gasteiger charge is 2.44. The zero-order chi connectivity index (χ0) is 20.8. The summed E-state index contributed by atoms with van der Waals surface area (Å²) in [7, 11) is 0. The number of nitrogens with zero attached hydrogens (tertiary/aromatic N) is 2. The standard InChI is InChI=1S/C20H19BrCl3N3O2/c21-15-5-2-1-4-14(15)18(29)25-19(20(22,23)24)26-9-12-8-13(11-26)16-6-3-7-17(28)27(16)10-12/h1-7,12-13,19H,8-11H2,(H,25,29). The number of amides is 1. The lowest BCUT2D eigenvalue weighted by Gasteiger charge is -2.47. The normalized spacial score (nSPS) is 22.6. The highest BCUT2D eigenvalue weighted by atomic mass is 79.9. The topological polar surface area (TPSA) is 54.3 Å². The molecule has 1 N–H and O–H groups in total. The number of carbonyl (C=O) groups is 1. The van der Waals surface area contributed by atoms with E-state index in [1.54, 1.807) is 30.3 Å². The summed E-state index contributed by atoms with van der Waals surface area (Å²) in [6, 6.07) is 12.5. The number of halogens is 4. The highest BCUT2D eigenvalue weighted by molar-refractivity contribution is 9.10. The summed E-state index contributed by atoms with van der Waals surface area (Å²) in [6.45, 7) is 1.85. The third-order valence-corrected chi connectivity index (χ3v) is 6.88. The molecule has 3 heterocycles. The minimum Gasteiger partial charge on any atom is -0.332 e. The molecule has 0 aliphatic carbocycles. The van der Waals surface area contributed by atoms with Gasteiger partial charge in [0, 0.05) is 41.8 Å². The predicted molar refractivity (Wildman–Crippen MR) is 119 cm³/mol. The summed E-state index contributed by atoms with van der Waals surface area (Å²) in [5.74, 6) is 0.0735. The number of carbonyl (C=O) groups excluding carboxylic acids is 1. The van der Waals surface area contributed by atoms with E-state index in [0.29, 0.717) is 29.7 Å². The van der Waals surface area contributed by atoms with Crippen molar-refractivity contribution in [3.8, 4) is 0 Å². The molecule has 154 valence electrons. The first-order valence-corrected chi connectivity index (χ1v) is 11.2. The quantitative estimate of drug-likeness (QED) is 0.620. The number of pyridine rings is 1. The summed E-state index contributed by atoms with van der Waals surface area (Å²) < 4.78 is 0.809. The van der Waals surface area contributed by atoms with Crippen LogP contribution >= 0.6 is 50.7 Å². The van der Waals surface area contributed by atoms with Gasteiger partial charge in [0.15, 0.2) is 0 Å². The Kier molecular flexibility index (Phi) is 6.02. The second kappa shape index (κ2) is 8.23. The van der Waals surface area contributed by atoms with Gasteiger partial charge < -0.3 is 9.88 Å². The molecule has 3 atom stereocenters. The Hall–Kier alpha value is -1.05. The molecule has 29 heavy (non-hydrogen) atoms. The lowest BCUT2D eigenvalue weighted by molar-refractivity contribution is 0.0586. The van der Waals surface area contributed by atoms with Crippen LogP contribution in [0.2, 0.25) is 0 Å². The van der Waals surface area contributed by atoms with E-state index >= 15 is 0 Å². The number of aromatic nitrogens is 1. The van der Waals surface area contributed by atoms with Crippen LogP contribution in [0.1, 0.15) is 28.4 Å². The monoisotopic (exact) mass is 517 g/mol. The summed E-state index contributed by atoms with van der Waals surface area (Å²) >= 11 is 22.3. The molecule has 1 aromatic heterocycles. The SMILES string of the molecule is O=C(NC(N1CC2CC(C1)c1cccc(=O)n1C2)C(Cl)(Cl)Cl)c1ccccc1Br. The Morgan fingerprint density at radius 1 is 1.10 bits per heavy atom. The van der Waals surface area contributed by atoms with Crippen LogP contribution in [0.15, 0.2) is 51.7 Å².